The quantitative estimate of drug-likeness (QED) is 0.355. The van der Waals surface area contributed by atoms with Crippen molar-refractivity contribution in [2.24, 2.45) is 0 Å². The van der Waals surface area contributed by atoms with Crippen molar-refractivity contribution >= 4 is 34.3 Å². The monoisotopic (exact) mass is 512 g/mol. The molecule has 5 heteroatoms. The summed E-state index contributed by atoms with van der Waals surface area (Å²) in [6, 6.07) is 11.7. The molecule has 2 nitrogen and oxygen atoms in total. The van der Waals surface area contributed by atoms with Crippen LogP contribution in [0.15, 0.2) is 70.8 Å². The van der Waals surface area contributed by atoms with Crippen LogP contribution >= 0.6 is 23.2 Å². The summed E-state index contributed by atoms with van der Waals surface area (Å²) in [5.41, 5.74) is 9.87. The SMILES string of the molecule is CC1=C2CC=C1CC1=CCC(=C1C)c1c(Cl)cccc1[O][Zr][O]c1cccc(Cl)c12. The minimum absolute atomic E-state index is 0.727. The van der Waals surface area contributed by atoms with Crippen LogP contribution in [0.3, 0.4) is 0 Å². The van der Waals surface area contributed by atoms with Gasteiger partial charge in [-0.05, 0) is 0 Å². The summed E-state index contributed by atoms with van der Waals surface area (Å²) < 4.78 is 12.5. The summed E-state index contributed by atoms with van der Waals surface area (Å²) in [5.74, 6) is 1.63. The Morgan fingerprint density at radius 3 is 1.67 bits per heavy atom. The first-order valence-electron chi connectivity index (χ1n) is 9.99. The number of halogens is 2. The van der Waals surface area contributed by atoms with Crippen LogP contribution in [0.5, 0.6) is 11.5 Å². The summed E-state index contributed by atoms with van der Waals surface area (Å²) in [6.07, 6.45) is 7.34. The van der Waals surface area contributed by atoms with Gasteiger partial charge in [0.2, 0.25) is 0 Å². The maximum atomic E-state index is 6.64. The predicted octanol–water partition coefficient (Wildman–Crippen LogP) is 7.97. The molecule has 2 aliphatic carbocycles. The number of fused-ring (bicyclic) bond motifs is 6. The van der Waals surface area contributed by atoms with Crippen molar-refractivity contribution in [3.05, 3.63) is 92.0 Å². The van der Waals surface area contributed by atoms with Gasteiger partial charge in [-0.3, -0.25) is 0 Å². The van der Waals surface area contributed by atoms with E-state index in [0.29, 0.717) is 0 Å². The zero-order valence-electron chi connectivity index (χ0n) is 16.8. The van der Waals surface area contributed by atoms with Crippen molar-refractivity contribution in [2.75, 3.05) is 0 Å². The van der Waals surface area contributed by atoms with Gasteiger partial charge in [0.25, 0.3) is 0 Å². The van der Waals surface area contributed by atoms with Gasteiger partial charge in [-0.25, -0.2) is 0 Å². The van der Waals surface area contributed by atoms with Gasteiger partial charge in [0.1, 0.15) is 0 Å². The Labute approximate surface area is 199 Å². The number of rotatable bonds is 0. The van der Waals surface area contributed by atoms with Gasteiger partial charge in [-0.2, -0.15) is 0 Å². The molecule has 2 aromatic carbocycles. The molecule has 0 N–H and O–H groups in total. The summed E-state index contributed by atoms with van der Waals surface area (Å²) >= 11 is 11.6. The van der Waals surface area contributed by atoms with E-state index in [4.69, 9.17) is 28.8 Å². The molecular formula is C25H20Cl2O2Zr. The molecule has 3 aliphatic rings. The molecule has 1 heterocycles. The van der Waals surface area contributed by atoms with E-state index in [9.17, 15) is 0 Å². The molecule has 150 valence electrons. The first-order valence-corrected chi connectivity index (χ1v) is 12.8. The van der Waals surface area contributed by atoms with Crippen LogP contribution < -0.4 is 5.63 Å². The van der Waals surface area contributed by atoms with Gasteiger partial charge >= 0.3 is 201 Å². The normalized spacial score (nSPS) is 17.9. The third-order valence-corrected chi connectivity index (χ3v) is 8.33. The molecular weight excluding hydrogens is 494 g/mol. The molecule has 0 amide bonds. The second-order valence-corrected chi connectivity index (χ2v) is 9.99. The minimum atomic E-state index is -1.67. The summed E-state index contributed by atoms with van der Waals surface area (Å²) in [5, 5.41) is 1.45. The van der Waals surface area contributed by atoms with E-state index in [0.717, 1.165) is 51.9 Å². The summed E-state index contributed by atoms with van der Waals surface area (Å²) in [6.45, 7) is 4.40. The fraction of sp³-hybridized carbons (Fsp3) is 0.200. The Morgan fingerprint density at radius 1 is 0.733 bits per heavy atom. The number of allylic oxidation sites excluding steroid dienone is 8. The Morgan fingerprint density at radius 2 is 1.20 bits per heavy atom. The number of hydrogen-bond acceptors (Lipinski definition) is 2. The van der Waals surface area contributed by atoms with Crippen LogP contribution in [0.1, 0.15) is 44.2 Å². The molecule has 5 rings (SSSR count). The molecule has 0 unspecified atom stereocenters. The van der Waals surface area contributed by atoms with Crippen LogP contribution in [-0.2, 0) is 24.1 Å². The Kier molecular flexibility index (Phi) is 5.56. The molecule has 1 aliphatic heterocycles. The summed E-state index contributed by atoms with van der Waals surface area (Å²) in [4.78, 5) is 0. The van der Waals surface area contributed by atoms with E-state index in [1.165, 1.54) is 33.4 Å². The van der Waals surface area contributed by atoms with Crippen LogP contribution in [0.2, 0.25) is 10.0 Å². The number of hydrogen-bond donors (Lipinski definition) is 0. The fourth-order valence-electron chi connectivity index (χ4n) is 4.52. The third-order valence-electron chi connectivity index (χ3n) is 6.21. The van der Waals surface area contributed by atoms with E-state index in [1.807, 2.05) is 36.4 Å². The molecule has 0 saturated heterocycles. The molecule has 0 aromatic heterocycles. The molecule has 30 heavy (non-hydrogen) atoms. The topological polar surface area (TPSA) is 18.5 Å². The maximum absolute atomic E-state index is 6.64. The first kappa shape index (κ1) is 20.4. The molecule has 4 bridgehead atoms. The van der Waals surface area contributed by atoms with Crippen molar-refractivity contribution in [2.45, 2.75) is 33.1 Å². The molecule has 0 atom stereocenters. The van der Waals surface area contributed by atoms with Crippen LogP contribution in [0, 0.1) is 0 Å². The Balaban J connectivity index is 1.66. The standard InChI is InChI=1S/C25H22Cl2O2.Zr/c1-14-16(9-11-18(14)24-20(26)5-3-7-22(24)28)13-17-10-12-19(15(17)2)25-21(27)6-4-8-23(25)29;/h3-10,28-29H,11-13H2,1-2H3;/q;+2/p-2. The van der Waals surface area contributed by atoms with Crippen LogP contribution in [0.4, 0.5) is 0 Å². The van der Waals surface area contributed by atoms with Crippen molar-refractivity contribution in [3.63, 3.8) is 0 Å². The second-order valence-electron chi connectivity index (χ2n) is 7.76. The van der Waals surface area contributed by atoms with E-state index in [2.05, 4.69) is 26.0 Å². The zero-order valence-corrected chi connectivity index (χ0v) is 20.8. The van der Waals surface area contributed by atoms with Crippen molar-refractivity contribution in [3.8, 4) is 11.5 Å². The van der Waals surface area contributed by atoms with Gasteiger partial charge < -0.3 is 0 Å². The van der Waals surface area contributed by atoms with E-state index < -0.39 is 24.1 Å². The van der Waals surface area contributed by atoms with Crippen LogP contribution in [-0.4, -0.2) is 0 Å². The molecule has 0 spiro atoms. The Hall–Kier alpha value is -1.54. The van der Waals surface area contributed by atoms with Crippen molar-refractivity contribution in [1.29, 1.82) is 0 Å². The second kappa shape index (κ2) is 8.19. The van der Waals surface area contributed by atoms with E-state index in [1.54, 1.807) is 0 Å². The molecule has 0 fully saturated rings. The van der Waals surface area contributed by atoms with Crippen molar-refractivity contribution < 1.29 is 29.7 Å². The first-order chi connectivity index (χ1) is 14.5. The van der Waals surface area contributed by atoms with Gasteiger partial charge in [0, 0.05) is 0 Å². The number of benzene rings is 2. The van der Waals surface area contributed by atoms with Gasteiger partial charge in [0.15, 0.2) is 0 Å². The van der Waals surface area contributed by atoms with Crippen LogP contribution in [0.25, 0.3) is 11.1 Å². The summed E-state index contributed by atoms with van der Waals surface area (Å²) in [7, 11) is 0. The average molecular weight is 515 g/mol. The fourth-order valence-corrected chi connectivity index (χ4v) is 6.46. The predicted molar refractivity (Wildman–Crippen MR) is 119 cm³/mol. The molecule has 2 aromatic rings. The van der Waals surface area contributed by atoms with Gasteiger partial charge in [-0.1, -0.05) is 0 Å². The van der Waals surface area contributed by atoms with E-state index >= 15 is 0 Å². The Bertz CT molecular complexity index is 1100. The average Bonchev–Trinajstić information content (AvgIpc) is 3.25. The van der Waals surface area contributed by atoms with Gasteiger partial charge in [0.05, 0.1) is 0 Å². The zero-order chi connectivity index (χ0) is 20.8. The van der Waals surface area contributed by atoms with Gasteiger partial charge in [-0.15, -0.1) is 0 Å². The third kappa shape index (κ3) is 3.46. The molecule has 0 radical (unpaired) electrons. The molecule has 0 saturated carbocycles. The van der Waals surface area contributed by atoms with E-state index in [-0.39, 0.29) is 0 Å². The van der Waals surface area contributed by atoms with Crippen molar-refractivity contribution in [1.82, 2.24) is 0 Å².